The number of amides is 1. The van der Waals surface area contributed by atoms with Crippen molar-refractivity contribution in [3.8, 4) is 0 Å². The molecule has 0 aliphatic carbocycles. The van der Waals surface area contributed by atoms with E-state index in [0.717, 1.165) is 11.1 Å². The second-order valence-electron chi connectivity index (χ2n) is 7.32. The van der Waals surface area contributed by atoms with Crippen molar-refractivity contribution >= 4 is 5.91 Å². The van der Waals surface area contributed by atoms with Gasteiger partial charge >= 0.3 is 0 Å². The molecule has 0 aliphatic heterocycles. The summed E-state index contributed by atoms with van der Waals surface area (Å²) in [6.07, 6.45) is 6.75. The van der Waals surface area contributed by atoms with Crippen LogP contribution in [-0.4, -0.2) is 21.0 Å². The maximum Gasteiger partial charge on any atom is 0.225 e. The largest absolute Gasteiger partial charge is 0.378 e. The lowest BCUT2D eigenvalue weighted by molar-refractivity contribution is -0.123. The molecule has 0 aliphatic rings. The third-order valence-corrected chi connectivity index (χ3v) is 5.27. The Labute approximate surface area is 181 Å². The first-order valence-corrected chi connectivity index (χ1v) is 10.1. The highest BCUT2D eigenvalue weighted by atomic mass is 16.3. The van der Waals surface area contributed by atoms with E-state index >= 15 is 0 Å². The van der Waals surface area contributed by atoms with E-state index in [4.69, 9.17) is 0 Å². The molecular formula is C26H23N3O2. The maximum absolute atomic E-state index is 13.1. The topological polar surface area (TPSA) is 75.1 Å². The number of nitrogens with zero attached hydrogens (tertiary/aromatic N) is 2. The van der Waals surface area contributed by atoms with Crippen LogP contribution >= 0.6 is 0 Å². The number of pyridine rings is 2. The second-order valence-corrected chi connectivity index (χ2v) is 7.32. The minimum Gasteiger partial charge on any atom is -0.378 e. The van der Waals surface area contributed by atoms with E-state index in [1.807, 2.05) is 60.7 Å². The van der Waals surface area contributed by atoms with Crippen LogP contribution in [0.3, 0.4) is 0 Å². The van der Waals surface area contributed by atoms with Crippen molar-refractivity contribution in [1.29, 1.82) is 0 Å². The van der Waals surface area contributed by atoms with Gasteiger partial charge in [0, 0.05) is 35.9 Å². The van der Waals surface area contributed by atoms with Gasteiger partial charge in [-0.15, -0.1) is 0 Å². The zero-order valence-corrected chi connectivity index (χ0v) is 16.9. The molecule has 0 spiro atoms. The van der Waals surface area contributed by atoms with Gasteiger partial charge in [-0.2, -0.15) is 0 Å². The van der Waals surface area contributed by atoms with Gasteiger partial charge in [0.2, 0.25) is 5.91 Å². The monoisotopic (exact) mass is 409 g/mol. The molecule has 0 bridgehead atoms. The van der Waals surface area contributed by atoms with Crippen molar-refractivity contribution in [2.45, 2.75) is 18.1 Å². The van der Waals surface area contributed by atoms with E-state index in [2.05, 4.69) is 15.3 Å². The summed E-state index contributed by atoms with van der Waals surface area (Å²) >= 11 is 0. The van der Waals surface area contributed by atoms with Gasteiger partial charge in [-0.3, -0.25) is 14.8 Å². The zero-order chi connectivity index (χ0) is 21.5. The van der Waals surface area contributed by atoms with Crippen molar-refractivity contribution in [2.24, 2.45) is 0 Å². The Bertz CT molecular complexity index is 1060. The van der Waals surface area contributed by atoms with Gasteiger partial charge in [-0.05, 0) is 23.3 Å². The Hall–Kier alpha value is -3.83. The molecule has 1 atom stereocenters. The van der Waals surface area contributed by atoms with Gasteiger partial charge in [0.1, 0.15) is 5.60 Å². The molecule has 0 saturated carbocycles. The highest BCUT2D eigenvalue weighted by Gasteiger charge is 2.42. The summed E-state index contributed by atoms with van der Waals surface area (Å²) in [5.74, 6) is -0.189. The van der Waals surface area contributed by atoms with Crippen LogP contribution in [0.15, 0.2) is 110 Å². The highest BCUT2D eigenvalue weighted by molar-refractivity contribution is 5.79. The first-order chi connectivity index (χ1) is 15.2. The van der Waals surface area contributed by atoms with Crippen molar-refractivity contribution in [1.82, 2.24) is 15.3 Å². The van der Waals surface area contributed by atoms with Gasteiger partial charge in [0.15, 0.2) is 0 Å². The third kappa shape index (κ3) is 4.52. The van der Waals surface area contributed by atoms with Crippen molar-refractivity contribution in [2.75, 3.05) is 0 Å². The van der Waals surface area contributed by atoms with E-state index in [9.17, 15) is 9.90 Å². The van der Waals surface area contributed by atoms with E-state index < -0.39 is 11.6 Å². The fourth-order valence-corrected chi connectivity index (χ4v) is 3.74. The standard InChI is InChI=1S/C26H23N3O2/c30-24(17-20-9-3-1-4-10-20)29-25(21-11-5-2-6-12-21)26(31,22-13-7-15-27-18-22)23-14-8-16-28-19-23/h1-16,18-19,25,31H,17H2,(H,29,30)/t25-/m1/s1. The molecule has 2 N–H and O–H groups in total. The number of carbonyl (C=O) groups is 1. The van der Waals surface area contributed by atoms with Crippen LogP contribution in [0.4, 0.5) is 0 Å². The molecule has 2 heterocycles. The van der Waals surface area contributed by atoms with Gasteiger partial charge in [0.05, 0.1) is 12.5 Å². The molecule has 154 valence electrons. The summed E-state index contributed by atoms with van der Waals surface area (Å²) in [6, 6.07) is 25.4. The molecule has 0 saturated heterocycles. The Morgan fingerprint density at radius 3 is 1.87 bits per heavy atom. The van der Waals surface area contributed by atoms with Crippen LogP contribution in [0.2, 0.25) is 0 Å². The fraction of sp³-hybridized carbons (Fsp3) is 0.115. The number of aliphatic hydroxyl groups is 1. The quantitative estimate of drug-likeness (QED) is 0.487. The molecule has 2 aromatic carbocycles. The average Bonchev–Trinajstić information content (AvgIpc) is 2.84. The Balaban J connectivity index is 1.79. The molecule has 0 radical (unpaired) electrons. The Kier molecular flexibility index (Phi) is 6.15. The predicted molar refractivity (Wildman–Crippen MR) is 119 cm³/mol. The average molecular weight is 409 g/mol. The lowest BCUT2D eigenvalue weighted by Crippen LogP contribution is -2.45. The van der Waals surface area contributed by atoms with Crippen LogP contribution in [0.5, 0.6) is 0 Å². The van der Waals surface area contributed by atoms with Crippen LogP contribution in [0.25, 0.3) is 0 Å². The predicted octanol–water partition coefficient (Wildman–Crippen LogP) is 3.81. The Morgan fingerprint density at radius 1 is 0.806 bits per heavy atom. The van der Waals surface area contributed by atoms with Gasteiger partial charge in [-0.25, -0.2) is 0 Å². The van der Waals surface area contributed by atoms with Gasteiger partial charge in [0.25, 0.3) is 0 Å². The number of hydrogen-bond acceptors (Lipinski definition) is 4. The summed E-state index contributed by atoms with van der Waals surface area (Å²) in [5, 5.41) is 15.3. The van der Waals surface area contributed by atoms with Crippen LogP contribution < -0.4 is 5.32 Å². The number of nitrogens with one attached hydrogen (secondary N) is 1. The molecule has 4 aromatic rings. The number of rotatable bonds is 7. The summed E-state index contributed by atoms with van der Waals surface area (Å²) in [6.45, 7) is 0. The highest BCUT2D eigenvalue weighted by Crippen LogP contribution is 2.40. The van der Waals surface area contributed by atoms with Gasteiger partial charge in [-0.1, -0.05) is 72.8 Å². The SMILES string of the molecule is O=C(Cc1ccccc1)N[C@H](c1ccccc1)C(O)(c1cccnc1)c1cccnc1. The molecular weight excluding hydrogens is 386 g/mol. The second kappa shape index (κ2) is 9.32. The third-order valence-electron chi connectivity index (χ3n) is 5.27. The molecule has 5 heteroatoms. The first-order valence-electron chi connectivity index (χ1n) is 10.1. The van der Waals surface area contributed by atoms with Gasteiger partial charge < -0.3 is 10.4 Å². The summed E-state index contributed by atoms with van der Waals surface area (Å²) in [4.78, 5) is 21.5. The molecule has 2 aromatic heterocycles. The van der Waals surface area contributed by atoms with Crippen molar-refractivity contribution in [3.63, 3.8) is 0 Å². The minimum atomic E-state index is -1.57. The molecule has 0 unspecified atom stereocenters. The first kappa shape index (κ1) is 20.4. The lowest BCUT2D eigenvalue weighted by Gasteiger charge is -2.37. The summed E-state index contributed by atoms with van der Waals surface area (Å²) in [7, 11) is 0. The van der Waals surface area contributed by atoms with Crippen LogP contribution in [-0.2, 0) is 16.8 Å². The molecule has 4 rings (SSSR count). The maximum atomic E-state index is 13.1. The molecule has 5 nitrogen and oxygen atoms in total. The zero-order valence-electron chi connectivity index (χ0n) is 16.9. The number of hydrogen-bond donors (Lipinski definition) is 2. The van der Waals surface area contributed by atoms with Crippen LogP contribution in [0, 0.1) is 0 Å². The fourth-order valence-electron chi connectivity index (χ4n) is 3.74. The van der Waals surface area contributed by atoms with E-state index in [0.29, 0.717) is 11.1 Å². The lowest BCUT2D eigenvalue weighted by atomic mass is 9.78. The molecule has 1 amide bonds. The van der Waals surface area contributed by atoms with Crippen molar-refractivity contribution < 1.29 is 9.90 Å². The number of benzene rings is 2. The normalized spacial score (nSPS) is 12.2. The van der Waals surface area contributed by atoms with Crippen LogP contribution in [0.1, 0.15) is 28.3 Å². The number of carbonyl (C=O) groups excluding carboxylic acids is 1. The van der Waals surface area contributed by atoms with E-state index in [1.54, 1.807) is 49.1 Å². The smallest absolute Gasteiger partial charge is 0.225 e. The molecule has 0 fully saturated rings. The summed E-state index contributed by atoms with van der Waals surface area (Å²) < 4.78 is 0. The summed E-state index contributed by atoms with van der Waals surface area (Å²) in [5.41, 5.74) is 1.24. The number of aromatic nitrogens is 2. The van der Waals surface area contributed by atoms with Crippen molar-refractivity contribution in [3.05, 3.63) is 132 Å². The molecule has 31 heavy (non-hydrogen) atoms. The Morgan fingerprint density at radius 2 is 1.35 bits per heavy atom. The minimum absolute atomic E-state index is 0.189. The van der Waals surface area contributed by atoms with E-state index in [-0.39, 0.29) is 12.3 Å². The van der Waals surface area contributed by atoms with E-state index in [1.165, 1.54) is 0 Å².